The van der Waals surface area contributed by atoms with Gasteiger partial charge in [-0.3, -0.25) is 9.59 Å². The summed E-state index contributed by atoms with van der Waals surface area (Å²) in [5.41, 5.74) is 1.64. The minimum atomic E-state index is -1.07. The number of thiophene rings is 1. The van der Waals surface area contributed by atoms with E-state index in [0.29, 0.717) is 10.6 Å². The summed E-state index contributed by atoms with van der Waals surface area (Å²) in [7, 11) is 0. The number of aliphatic carboxylic acids is 1. The van der Waals surface area contributed by atoms with Crippen molar-refractivity contribution in [2.24, 2.45) is 0 Å². The lowest BCUT2D eigenvalue weighted by atomic mass is 10.2. The SMILES string of the molecule is Cc1noc(C)c1-c1ccc(C(=O)NCC(=O)O)s1. The number of nitrogens with zero attached hydrogens (tertiary/aromatic N) is 1. The summed E-state index contributed by atoms with van der Waals surface area (Å²) in [5, 5.41) is 14.7. The number of aryl methyl sites for hydroxylation is 2. The quantitative estimate of drug-likeness (QED) is 0.891. The van der Waals surface area contributed by atoms with Gasteiger partial charge >= 0.3 is 5.97 Å². The van der Waals surface area contributed by atoms with Crippen LogP contribution < -0.4 is 5.32 Å². The molecule has 0 radical (unpaired) electrons. The molecule has 0 saturated heterocycles. The molecule has 2 heterocycles. The highest BCUT2D eigenvalue weighted by Gasteiger charge is 2.16. The Morgan fingerprint density at radius 3 is 2.74 bits per heavy atom. The zero-order chi connectivity index (χ0) is 14.0. The number of hydrogen-bond acceptors (Lipinski definition) is 5. The van der Waals surface area contributed by atoms with Gasteiger partial charge in [0, 0.05) is 4.88 Å². The van der Waals surface area contributed by atoms with Crippen LogP contribution in [0.3, 0.4) is 0 Å². The number of carboxylic acid groups (broad SMARTS) is 1. The number of carboxylic acids is 1. The smallest absolute Gasteiger partial charge is 0.322 e. The van der Waals surface area contributed by atoms with Gasteiger partial charge in [-0.2, -0.15) is 0 Å². The average molecular weight is 280 g/mol. The normalized spacial score (nSPS) is 10.4. The lowest BCUT2D eigenvalue weighted by Gasteiger charge is -1.98. The van der Waals surface area contributed by atoms with Crippen LogP contribution in [0.4, 0.5) is 0 Å². The molecule has 0 unspecified atom stereocenters. The van der Waals surface area contributed by atoms with E-state index in [0.717, 1.165) is 16.1 Å². The summed E-state index contributed by atoms with van der Waals surface area (Å²) >= 11 is 1.27. The van der Waals surface area contributed by atoms with Crippen LogP contribution in [0, 0.1) is 13.8 Å². The Bertz CT molecular complexity index is 610. The molecule has 0 spiro atoms. The van der Waals surface area contributed by atoms with E-state index in [2.05, 4.69) is 10.5 Å². The topological polar surface area (TPSA) is 92.4 Å². The molecule has 6 nitrogen and oxygen atoms in total. The molecule has 2 N–H and O–H groups in total. The summed E-state index contributed by atoms with van der Waals surface area (Å²) in [6, 6.07) is 3.45. The Morgan fingerprint density at radius 2 is 2.16 bits per heavy atom. The molecule has 0 aromatic carbocycles. The lowest BCUT2D eigenvalue weighted by Crippen LogP contribution is -2.28. The van der Waals surface area contributed by atoms with E-state index in [9.17, 15) is 9.59 Å². The van der Waals surface area contributed by atoms with Gasteiger partial charge in [0.25, 0.3) is 5.91 Å². The van der Waals surface area contributed by atoms with Crippen molar-refractivity contribution < 1.29 is 19.2 Å². The van der Waals surface area contributed by atoms with Gasteiger partial charge in [-0.1, -0.05) is 5.16 Å². The third-order valence-corrected chi connectivity index (χ3v) is 3.61. The van der Waals surface area contributed by atoms with Gasteiger partial charge in [0.2, 0.25) is 0 Å². The molecule has 2 rings (SSSR count). The summed E-state index contributed by atoms with van der Waals surface area (Å²) < 4.78 is 5.08. The zero-order valence-electron chi connectivity index (χ0n) is 10.4. The molecule has 0 bridgehead atoms. The zero-order valence-corrected chi connectivity index (χ0v) is 11.2. The molecule has 0 atom stereocenters. The van der Waals surface area contributed by atoms with Crippen molar-refractivity contribution in [2.45, 2.75) is 13.8 Å². The number of rotatable bonds is 4. The minimum absolute atomic E-state index is 0.391. The standard InChI is InChI=1S/C12H12N2O4S/c1-6-11(7(2)18-14-6)8-3-4-9(19-8)12(17)13-5-10(15)16/h3-4H,5H2,1-2H3,(H,13,17)(H,15,16). The first kappa shape index (κ1) is 13.3. The molecule has 19 heavy (non-hydrogen) atoms. The molecule has 2 aromatic rings. The van der Waals surface area contributed by atoms with Crippen LogP contribution in [-0.2, 0) is 4.79 Å². The second-order valence-corrected chi connectivity index (χ2v) is 5.02. The summed E-state index contributed by atoms with van der Waals surface area (Å²) in [4.78, 5) is 23.4. The Hall–Kier alpha value is -2.15. The van der Waals surface area contributed by atoms with E-state index in [4.69, 9.17) is 9.63 Å². The van der Waals surface area contributed by atoms with Crippen LogP contribution in [0.25, 0.3) is 10.4 Å². The lowest BCUT2D eigenvalue weighted by molar-refractivity contribution is -0.135. The fourth-order valence-corrected chi connectivity index (χ4v) is 2.74. The van der Waals surface area contributed by atoms with Gasteiger partial charge in [0.15, 0.2) is 0 Å². The molecule has 1 amide bonds. The predicted molar refractivity (Wildman–Crippen MR) is 69.3 cm³/mol. The molecule has 0 aliphatic rings. The second-order valence-electron chi connectivity index (χ2n) is 3.94. The molecule has 2 aromatic heterocycles. The number of hydrogen-bond donors (Lipinski definition) is 2. The highest BCUT2D eigenvalue weighted by Crippen LogP contribution is 2.32. The number of carbonyl (C=O) groups is 2. The van der Waals surface area contributed by atoms with Crippen LogP contribution in [0.1, 0.15) is 21.1 Å². The van der Waals surface area contributed by atoms with E-state index in [1.54, 1.807) is 19.1 Å². The maximum Gasteiger partial charge on any atom is 0.322 e. The van der Waals surface area contributed by atoms with E-state index >= 15 is 0 Å². The molecule has 0 aliphatic carbocycles. The van der Waals surface area contributed by atoms with Crippen molar-refractivity contribution in [3.05, 3.63) is 28.5 Å². The molecular weight excluding hydrogens is 268 g/mol. The molecule has 0 saturated carbocycles. The monoisotopic (exact) mass is 280 g/mol. The first-order valence-corrected chi connectivity index (χ1v) is 6.33. The fraction of sp³-hybridized carbons (Fsp3) is 0.250. The molecule has 7 heteroatoms. The van der Waals surface area contributed by atoms with Gasteiger partial charge in [-0.25, -0.2) is 0 Å². The fourth-order valence-electron chi connectivity index (χ4n) is 1.67. The Balaban J connectivity index is 2.20. The Labute approximate surface area is 113 Å². The molecular formula is C12H12N2O4S. The number of aromatic nitrogens is 1. The number of amides is 1. The van der Waals surface area contributed by atoms with E-state index in [-0.39, 0.29) is 0 Å². The number of carbonyl (C=O) groups excluding carboxylic acids is 1. The summed E-state index contributed by atoms with van der Waals surface area (Å²) in [5.74, 6) is -0.780. The van der Waals surface area contributed by atoms with Crippen molar-refractivity contribution in [1.29, 1.82) is 0 Å². The van der Waals surface area contributed by atoms with E-state index in [1.807, 2.05) is 6.92 Å². The van der Waals surface area contributed by atoms with Crippen molar-refractivity contribution in [2.75, 3.05) is 6.54 Å². The van der Waals surface area contributed by atoms with Crippen LogP contribution in [-0.4, -0.2) is 28.7 Å². The maximum absolute atomic E-state index is 11.7. The van der Waals surface area contributed by atoms with E-state index in [1.165, 1.54) is 11.3 Å². The second kappa shape index (κ2) is 5.23. The summed E-state index contributed by atoms with van der Waals surface area (Å²) in [6.45, 7) is 3.24. The van der Waals surface area contributed by atoms with Gasteiger partial charge in [0.1, 0.15) is 12.3 Å². The third-order valence-electron chi connectivity index (χ3n) is 2.51. The van der Waals surface area contributed by atoms with Crippen molar-refractivity contribution >= 4 is 23.2 Å². The molecule has 0 aliphatic heterocycles. The van der Waals surface area contributed by atoms with Crippen LogP contribution in [0.5, 0.6) is 0 Å². The van der Waals surface area contributed by atoms with Crippen LogP contribution >= 0.6 is 11.3 Å². The number of nitrogens with one attached hydrogen (secondary N) is 1. The maximum atomic E-state index is 11.7. The van der Waals surface area contributed by atoms with Crippen molar-refractivity contribution in [3.63, 3.8) is 0 Å². The highest BCUT2D eigenvalue weighted by molar-refractivity contribution is 7.17. The first-order chi connectivity index (χ1) is 8.99. The Morgan fingerprint density at radius 1 is 1.42 bits per heavy atom. The van der Waals surface area contributed by atoms with Gasteiger partial charge < -0.3 is 14.9 Å². The highest BCUT2D eigenvalue weighted by atomic mass is 32.1. The van der Waals surface area contributed by atoms with Crippen LogP contribution in [0.15, 0.2) is 16.7 Å². The van der Waals surface area contributed by atoms with Crippen molar-refractivity contribution in [3.8, 4) is 10.4 Å². The third kappa shape index (κ3) is 2.82. The van der Waals surface area contributed by atoms with Gasteiger partial charge in [-0.15, -0.1) is 11.3 Å². The van der Waals surface area contributed by atoms with Gasteiger partial charge in [0.05, 0.1) is 16.1 Å². The molecule has 0 fully saturated rings. The van der Waals surface area contributed by atoms with Gasteiger partial charge in [-0.05, 0) is 26.0 Å². The Kier molecular flexibility index (Phi) is 3.66. The largest absolute Gasteiger partial charge is 0.480 e. The molecule has 100 valence electrons. The summed E-state index contributed by atoms with van der Waals surface area (Å²) in [6.07, 6.45) is 0. The first-order valence-electron chi connectivity index (χ1n) is 5.52. The van der Waals surface area contributed by atoms with Crippen LogP contribution in [0.2, 0.25) is 0 Å². The van der Waals surface area contributed by atoms with Crippen molar-refractivity contribution in [1.82, 2.24) is 10.5 Å². The predicted octanol–water partition coefficient (Wildman–Crippen LogP) is 1.83. The van der Waals surface area contributed by atoms with E-state index < -0.39 is 18.4 Å². The minimum Gasteiger partial charge on any atom is -0.480 e. The average Bonchev–Trinajstić information content (AvgIpc) is 2.93.